The Labute approximate surface area is 625 Å². The normalized spacial score (nSPS) is 13.6. The molecular weight excluding hydrogens is 1270 g/mol. The van der Waals surface area contributed by atoms with Crippen LogP contribution in [-0.4, -0.2) is 32.8 Å². The second-order valence-corrected chi connectivity index (χ2v) is 28.2. The number of ether oxygens (including phenoxy) is 6. The molecule has 1 aliphatic rings. The van der Waals surface area contributed by atoms with Gasteiger partial charge in [-0.05, 0) is 252 Å². The van der Waals surface area contributed by atoms with Crippen molar-refractivity contribution in [2.45, 2.75) is 181 Å². The summed E-state index contributed by atoms with van der Waals surface area (Å²) < 4.78 is 37.4. The third kappa shape index (κ3) is 17.6. The molecule has 0 N–H and O–H groups in total. The van der Waals surface area contributed by atoms with E-state index in [-0.39, 0.29) is 31.4 Å². The molecule has 0 radical (unpaired) electrons. The number of rotatable bonds is 30. The topological polar surface area (TPSA) is 89.5 Å². The van der Waals surface area contributed by atoms with Crippen LogP contribution in [0.3, 0.4) is 0 Å². The van der Waals surface area contributed by atoms with Crippen LogP contribution in [0, 0.1) is 66.8 Å². The Morgan fingerprint density at radius 2 is 1.09 bits per heavy atom. The van der Waals surface area contributed by atoms with Gasteiger partial charge in [0.1, 0.15) is 29.5 Å². The number of hydrogen-bond donors (Lipinski definition) is 0. The van der Waals surface area contributed by atoms with E-state index >= 15 is 0 Å². The van der Waals surface area contributed by atoms with Crippen molar-refractivity contribution in [3.63, 3.8) is 0 Å². The van der Waals surface area contributed by atoms with E-state index in [0.29, 0.717) is 35.0 Å². The van der Waals surface area contributed by atoms with Gasteiger partial charge in [0.05, 0.1) is 32.0 Å². The number of carbonyl (C=O) groups excluding carboxylic acids is 2. The van der Waals surface area contributed by atoms with Gasteiger partial charge in [-0.15, -0.1) is 6.42 Å². The zero-order valence-corrected chi connectivity index (χ0v) is 61.4. The first-order valence-electron chi connectivity index (χ1n) is 36.9. The van der Waals surface area contributed by atoms with E-state index in [0.717, 1.165) is 140 Å². The highest BCUT2D eigenvalue weighted by Gasteiger charge is 2.46. The van der Waals surface area contributed by atoms with Gasteiger partial charge in [-0.2, -0.15) is 0 Å². The van der Waals surface area contributed by atoms with Gasteiger partial charge < -0.3 is 28.4 Å². The van der Waals surface area contributed by atoms with E-state index in [2.05, 4.69) is 204 Å². The third-order valence-corrected chi connectivity index (χ3v) is 20.4. The fraction of sp³-hybridized carbons (Fsp3) is 0.326. The van der Waals surface area contributed by atoms with E-state index < -0.39 is 17.5 Å². The smallest absolute Gasteiger partial charge is 0.343 e. The van der Waals surface area contributed by atoms with Crippen LogP contribution < -0.4 is 23.7 Å². The first-order chi connectivity index (χ1) is 50.2. The monoisotopic (exact) mass is 1380 g/mol. The molecule has 1 aliphatic carbocycles. The van der Waals surface area contributed by atoms with E-state index in [1.807, 2.05) is 43.3 Å². The van der Waals surface area contributed by atoms with Gasteiger partial charge in [0.15, 0.2) is 11.5 Å². The summed E-state index contributed by atoms with van der Waals surface area (Å²) in [5.74, 6) is 22.6. The molecule has 0 fully saturated rings. The number of aryl methyl sites for hydroxylation is 2. The lowest BCUT2D eigenvalue weighted by molar-refractivity contribution is 0.0600. The van der Waals surface area contributed by atoms with Crippen LogP contribution in [0.4, 0.5) is 0 Å². The molecule has 0 aliphatic heterocycles. The molecule has 2 unspecified atom stereocenters. The maximum Gasteiger partial charge on any atom is 0.343 e. The molecule has 0 heterocycles. The van der Waals surface area contributed by atoms with Crippen LogP contribution >= 0.6 is 0 Å². The lowest BCUT2D eigenvalue weighted by atomic mass is 9.75. The minimum Gasteiger partial charge on any atom is -0.496 e. The molecule has 2 atom stereocenters. The first kappa shape index (κ1) is 73.4. The molecule has 0 aromatic heterocycles. The Hall–Kier alpha value is -10.8. The van der Waals surface area contributed by atoms with E-state index in [4.69, 9.17) is 34.8 Å². The maximum atomic E-state index is 14.7. The number of unbranched alkanes of at least 4 members (excludes halogenated alkanes) is 12. The number of esters is 2. The number of methoxy groups -OCH3 is 2. The molecule has 8 heteroatoms. The van der Waals surface area contributed by atoms with Crippen molar-refractivity contribution in [3.05, 3.63) is 208 Å². The predicted molar refractivity (Wildman–Crippen MR) is 444 cm³/mol. The number of benzene rings is 10. The number of terminal acetylenes is 1. The Bertz CT molecular complexity index is 5120. The Morgan fingerprint density at radius 3 is 1.76 bits per heavy atom. The Balaban J connectivity index is 0.00000638. The third-order valence-electron chi connectivity index (χ3n) is 20.4. The highest BCUT2D eigenvalue weighted by molar-refractivity contribution is 6.22. The summed E-state index contributed by atoms with van der Waals surface area (Å²) in [6.07, 6.45) is 27.9. The minimum absolute atomic E-state index is 0. The summed E-state index contributed by atoms with van der Waals surface area (Å²) in [5.41, 5.74) is 11.0. The van der Waals surface area contributed by atoms with Crippen molar-refractivity contribution in [2.24, 2.45) is 0 Å². The van der Waals surface area contributed by atoms with Crippen LogP contribution in [0.25, 0.3) is 65.3 Å². The van der Waals surface area contributed by atoms with Crippen LogP contribution in [0.15, 0.2) is 164 Å². The molecule has 0 saturated heterocycles. The van der Waals surface area contributed by atoms with Gasteiger partial charge in [-0.3, -0.25) is 0 Å². The van der Waals surface area contributed by atoms with Crippen molar-refractivity contribution >= 4 is 55.0 Å². The van der Waals surface area contributed by atoms with Gasteiger partial charge >= 0.3 is 11.9 Å². The van der Waals surface area contributed by atoms with Crippen molar-refractivity contribution in [1.29, 1.82) is 0 Å². The van der Waals surface area contributed by atoms with Gasteiger partial charge in [0.25, 0.3) is 0 Å². The molecule has 10 aromatic rings. The molecule has 0 amide bonds. The SMILES string of the molecule is C#CC#CC#CC#CC#COc1ccc2c(-c3ccc4cc(C(CCCCC)Oc5cc(C)c(OC)cc5OC(=O)c5ccc6c(c5)C(C)(c5ccc(C(=O)OC)cc5)CC6(C)C)ccc4c3)c3cc(OCCCCCCCCCC)ccc3c(-c3ccc4cc(CCCCCC)ccc4c3)c2c1.[HH].[HH].[HH].[HH].[HH].[HH].[HH].[HH].[HH].[HH]. The van der Waals surface area contributed by atoms with Gasteiger partial charge in [-0.1, -0.05) is 197 Å². The summed E-state index contributed by atoms with van der Waals surface area (Å²) in [6.45, 7) is 16.0. The summed E-state index contributed by atoms with van der Waals surface area (Å²) >= 11 is 0. The molecule has 0 bridgehead atoms. The molecule has 8 nitrogen and oxygen atoms in total. The summed E-state index contributed by atoms with van der Waals surface area (Å²) in [7, 11) is 3.00. The largest absolute Gasteiger partial charge is 0.496 e. The van der Waals surface area contributed by atoms with Crippen LogP contribution in [0.1, 0.15) is 225 Å². The summed E-state index contributed by atoms with van der Waals surface area (Å²) in [4.78, 5) is 27.1. The average Bonchev–Trinajstić information content (AvgIpc) is 1.72. The Morgan fingerprint density at radius 1 is 0.505 bits per heavy atom. The number of hydrogen-bond acceptors (Lipinski definition) is 8. The molecule has 0 spiro atoms. The van der Waals surface area contributed by atoms with E-state index in [1.54, 1.807) is 25.3 Å². The van der Waals surface area contributed by atoms with Crippen molar-refractivity contribution in [2.75, 3.05) is 20.8 Å². The quantitative estimate of drug-likeness (QED) is 0.0145. The molecule has 542 valence electrons. The highest BCUT2D eigenvalue weighted by atomic mass is 16.6. The van der Waals surface area contributed by atoms with E-state index in [9.17, 15) is 9.59 Å². The van der Waals surface area contributed by atoms with Crippen LogP contribution in [-0.2, 0) is 22.0 Å². The maximum absolute atomic E-state index is 14.7. The lowest BCUT2D eigenvalue weighted by Gasteiger charge is -2.28. The van der Waals surface area contributed by atoms with Crippen molar-refractivity contribution in [1.82, 2.24) is 0 Å². The number of fused-ring (bicyclic) bond motifs is 5. The molecule has 103 heavy (non-hydrogen) atoms. The zero-order chi connectivity index (χ0) is 72.3. The predicted octanol–water partition coefficient (Wildman–Crippen LogP) is 25.7. The fourth-order valence-electron chi connectivity index (χ4n) is 15.0. The zero-order valence-electron chi connectivity index (χ0n) is 61.4. The first-order valence-corrected chi connectivity index (χ1v) is 36.9. The van der Waals surface area contributed by atoms with Crippen LogP contribution in [0.5, 0.6) is 28.7 Å². The van der Waals surface area contributed by atoms with Gasteiger partial charge in [0.2, 0.25) is 0 Å². The summed E-state index contributed by atoms with van der Waals surface area (Å²) in [5, 5.41) is 8.71. The minimum atomic E-state index is -0.514. The fourth-order valence-corrected chi connectivity index (χ4v) is 15.0. The lowest BCUT2D eigenvalue weighted by Crippen LogP contribution is -2.23. The Kier molecular flexibility index (Phi) is 24.7. The van der Waals surface area contributed by atoms with Crippen molar-refractivity contribution in [3.8, 4) is 111 Å². The van der Waals surface area contributed by atoms with Crippen molar-refractivity contribution < 1.29 is 52.3 Å². The second kappa shape index (κ2) is 34.7. The van der Waals surface area contributed by atoms with Gasteiger partial charge in [0, 0.05) is 49.4 Å². The standard InChI is InChI=1S/C95H94O8.10H2/c1-11-15-19-22-24-26-28-32-54-100-78-50-52-81-82(62-78)90(74-42-39-69-57-67(34-31-21-17-13-3)36-37-70(69)59-74)80-51-49-79(101-55-33-29-27-25-23-20-16-12-2)63-83(80)91(81)75-43-40-71-58-73(41-38-72(71)60-75)86(35-30-18-14-4)102-88-56-66(5)87(98-9)64-89(88)103-93(97)76-46-53-84-85(61-76)95(8,65-94(84,6)7)77-47-44-68(45-48-77)92(96)99-10;;;;;;;;;;/h1,36-53,56-64,86H,12-14,16-18,20-21,23,25,27,29-31,33-35,55,65H2,2-10H3;10*1H. The second-order valence-electron chi connectivity index (χ2n) is 28.2. The van der Waals surface area contributed by atoms with Crippen LogP contribution in [0.2, 0.25) is 0 Å². The molecule has 0 saturated carbocycles. The van der Waals surface area contributed by atoms with E-state index in [1.165, 1.54) is 87.7 Å². The molecular formula is C95H114O8. The number of carbonyl (C=O) groups is 2. The summed E-state index contributed by atoms with van der Waals surface area (Å²) in [6, 6.07) is 57.2. The van der Waals surface area contributed by atoms with Gasteiger partial charge in [-0.25, -0.2) is 9.59 Å². The average molecular weight is 1380 g/mol. The molecule has 11 rings (SSSR count). The molecule has 10 aromatic carbocycles. The highest BCUT2D eigenvalue weighted by Crippen LogP contribution is 2.54.